The average molecular weight is 211 g/mol. The number of halogens is 1. The molecule has 4 nitrogen and oxygen atoms in total. The number of benzene rings is 1. The number of ether oxygens (including phenoxy) is 1. The summed E-state index contributed by atoms with van der Waals surface area (Å²) >= 11 is 0. The van der Waals surface area contributed by atoms with E-state index in [2.05, 4.69) is 0 Å². The standard InChI is InChI=1S/C10H10FNO3/c11-5-1-2-8-6(3-5)9(12)7(4-15-8)10(13)14/h1-3,7,9H,4,12H2,(H,13,14). The molecule has 1 aliphatic rings. The highest BCUT2D eigenvalue weighted by Gasteiger charge is 2.33. The summed E-state index contributed by atoms with van der Waals surface area (Å²) in [5.41, 5.74) is 6.14. The summed E-state index contributed by atoms with van der Waals surface area (Å²) in [5.74, 6) is -1.84. The van der Waals surface area contributed by atoms with Crippen LogP contribution in [0.5, 0.6) is 5.75 Å². The monoisotopic (exact) mass is 211 g/mol. The van der Waals surface area contributed by atoms with E-state index in [1.165, 1.54) is 18.2 Å². The molecule has 0 saturated carbocycles. The minimum absolute atomic E-state index is 0.0229. The first-order valence-electron chi connectivity index (χ1n) is 4.50. The molecular formula is C10H10FNO3. The molecule has 0 amide bonds. The van der Waals surface area contributed by atoms with E-state index in [0.29, 0.717) is 11.3 Å². The fourth-order valence-corrected chi connectivity index (χ4v) is 1.64. The van der Waals surface area contributed by atoms with E-state index in [1.807, 2.05) is 0 Å². The summed E-state index contributed by atoms with van der Waals surface area (Å²) in [7, 11) is 0. The van der Waals surface area contributed by atoms with Crippen LogP contribution in [0.25, 0.3) is 0 Å². The number of fused-ring (bicyclic) bond motifs is 1. The van der Waals surface area contributed by atoms with Gasteiger partial charge in [-0.25, -0.2) is 4.39 Å². The number of hydrogen-bond donors (Lipinski definition) is 2. The predicted octanol–water partition coefficient (Wildman–Crippen LogP) is 0.919. The minimum atomic E-state index is -1.03. The normalized spacial score (nSPS) is 24.1. The molecule has 0 bridgehead atoms. The molecule has 1 heterocycles. The van der Waals surface area contributed by atoms with Crippen LogP contribution in [0.15, 0.2) is 18.2 Å². The Balaban J connectivity index is 2.40. The predicted molar refractivity (Wildman–Crippen MR) is 49.9 cm³/mol. The maximum atomic E-state index is 12.9. The Morgan fingerprint density at radius 3 is 3.00 bits per heavy atom. The number of rotatable bonds is 1. The average Bonchev–Trinajstić information content (AvgIpc) is 2.19. The van der Waals surface area contributed by atoms with Crippen LogP contribution in [0.4, 0.5) is 4.39 Å². The van der Waals surface area contributed by atoms with Crippen molar-refractivity contribution in [3.05, 3.63) is 29.6 Å². The first-order chi connectivity index (χ1) is 7.09. The number of carboxylic acids is 1. The van der Waals surface area contributed by atoms with Crippen molar-refractivity contribution in [1.82, 2.24) is 0 Å². The third kappa shape index (κ3) is 1.66. The van der Waals surface area contributed by atoms with Crippen LogP contribution < -0.4 is 10.5 Å². The first kappa shape index (κ1) is 9.92. The largest absolute Gasteiger partial charge is 0.492 e. The van der Waals surface area contributed by atoms with Gasteiger partial charge in [0.2, 0.25) is 0 Å². The maximum absolute atomic E-state index is 12.9. The van der Waals surface area contributed by atoms with Crippen LogP contribution in [0.1, 0.15) is 11.6 Å². The Labute approximate surface area is 85.5 Å². The molecule has 0 radical (unpaired) electrons. The Morgan fingerprint density at radius 2 is 2.33 bits per heavy atom. The van der Waals surface area contributed by atoms with Gasteiger partial charge in [-0.05, 0) is 18.2 Å². The van der Waals surface area contributed by atoms with Crippen molar-refractivity contribution < 1.29 is 19.0 Å². The number of carbonyl (C=O) groups is 1. The first-order valence-corrected chi connectivity index (χ1v) is 4.50. The van der Waals surface area contributed by atoms with Crippen molar-refractivity contribution in [3.8, 4) is 5.75 Å². The highest BCUT2D eigenvalue weighted by molar-refractivity contribution is 5.72. The molecule has 3 N–H and O–H groups in total. The summed E-state index contributed by atoms with van der Waals surface area (Å²) in [6.45, 7) is 0.0229. The van der Waals surface area contributed by atoms with Gasteiger partial charge >= 0.3 is 5.97 Å². The summed E-state index contributed by atoms with van der Waals surface area (Å²) < 4.78 is 18.1. The highest BCUT2D eigenvalue weighted by atomic mass is 19.1. The molecule has 0 spiro atoms. The molecule has 0 aromatic heterocycles. The lowest BCUT2D eigenvalue weighted by molar-refractivity contribution is -0.144. The van der Waals surface area contributed by atoms with Crippen LogP contribution >= 0.6 is 0 Å². The second kappa shape index (κ2) is 3.51. The molecule has 2 unspecified atom stereocenters. The molecular weight excluding hydrogens is 201 g/mol. The second-order valence-corrected chi connectivity index (χ2v) is 3.46. The third-order valence-corrected chi connectivity index (χ3v) is 2.50. The van der Waals surface area contributed by atoms with Gasteiger partial charge in [0.15, 0.2) is 0 Å². The molecule has 0 aliphatic carbocycles. The van der Waals surface area contributed by atoms with Gasteiger partial charge in [-0.3, -0.25) is 4.79 Å². The lowest BCUT2D eigenvalue weighted by atomic mass is 9.91. The van der Waals surface area contributed by atoms with Crippen LogP contribution in [-0.4, -0.2) is 17.7 Å². The van der Waals surface area contributed by atoms with E-state index < -0.39 is 23.7 Å². The molecule has 2 rings (SSSR count). The van der Waals surface area contributed by atoms with Gasteiger partial charge in [-0.1, -0.05) is 0 Å². The van der Waals surface area contributed by atoms with E-state index in [4.69, 9.17) is 15.6 Å². The minimum Gasteiger partial charge on any atom is -0.492 e. The van der Waals surface area contributed by atoms with Crippen molar-refractivity contribution in [1.29, 1.82) is 0 Å². The molecule has 15 heavy (non-hydrogen) atoms. The van der Waals surface area contributed by atoms with Gasteiger partial charge < -0.3 is 15.6 Å². The van der Waals surface area contributed by atoms with E-state index in [9.17, 15) is 9.18 Å². The Kier molecular flexibility index (Phi) is 2.32. The van der Waals surface area contributed by atoms with Crippen LogP contribution in [0, 0.1) is 11.7 Å². The quantitative estimate of drug-likeness (QED) is 0.724. The summed E-state index contributed by atoms with van der Waals surface area (Å²) in [6.07, 6.45) is 0. The summed E-state index contributed by atoms with van der Waals surface area (Å²) in [5, 5.41) is 8.85. The van der Waals surface area contributed by atoms with Crippen LogP contribution in [0.3, 0.4) is 0 Å². The van der Waals surface area contributed by atoms with E-state index in [1.54, 1.807) is 0 Å². The van der Waals surface area contributed by atoms with E-state index >= 15 is 0 Å². The van der Waals surface area contributed by atoms with Crippen molar-refractivity contribution in [3.63, 3.8) is 0 Å². The number of aliphatic carboxylic acids is 1. The summed E-state index contributed by atoms with van der Waals surface area (Å²) in [6, 6.07) is 3.21. The molecule has 1 aromatic rings. The smallest absolute Gasteiger partial charge is 0.311 e. The lowest BCUT2D eigenvalue weighted by Gasteiger charge is -2.28. The lowest BCUT2D eigenvalue weighted by Crippen LogP contribution is -2.36. The van der Waals surface area contributed by atoms with Crippen molar-refractivity contribution >= 4 is 5.97 Å². The molecule has 2 atom stereocenters. The maximum Gasteiger partial charge on any atom is 0.311 e. The van der Waals surface area contributed by atoms with Gasteiger partial charge in [0.25, 0.3) is 0 Å². The zero-order valence-electron chi connectivity index (χ0n) is 7.81. The van der Waals surface area contributed by atoms with E-state index in [-0.39, 0.29) is 6.61 Å². The SMILES string of the molecule is NC1c2cc(F)ccc2OCC1C(=O)O. The van der Waals surface area contributed by atoms with Gasteiger partial charge in [0.05, 0.1) is 6.04 Å². The number of hydrogen-bond acceptors (Lipinski definition) is 3. The second-order valence-electron chi connectivity index (χ2n) is 3.46. The number of carboxylic acid groups (broad SMARTS) is 1. The molecule has 5 heteroatoms. The highest BCUT2D eigenvalue weighted by Crippen LogP contribution is 2.34. The Hall–Kier alpha value is -1.62. The van der Waals surface area contributed by atoms with Crippen molar-refractivity contribution in [2.75, 3.05) is 6.61 Å². The third-order valence-electron chi connectivity index (χ3n) is 2.50. The zero-order valence-corrected chi connectivity index (χ0v) is 7.81. The van der Waals surface area contributed by atoms with Gasteiger partial charge in [-0.15, -0.1) is 0 Å². The summed E-state index contributed by atoms with van der Waals surface area (Å²) in [4.78, 5) is 10.8. The molecule has 0 saturated heterocycles. The Bertz CT molecular complexity index is 408. The fraction of sp³-hybridized carbons (Fsp3) is 0.300. The fourth-order valence-electron chi connectivity index (χ4n) is 1.64. The topological polar surface area (TPSA) is 72.5 Å². The number of nitrogens with two attached hydrogens (primary N) is 1. The zero-order chi connectivity index (χ0) is 11.0. The van der Waals surface area contributed by atoms with E-state index in [0.717, 1.165) is 0 Å². The van der Waals surface area contributed by atoms with Crippen LogP contribution in [0.2, 0.25) is 0 Å². The van der Waals surface area contributed by atoms with Crippen molar-refractivity contribution in [2.24, 2.45) is 11.7 Å². The van der Waals surface area contributed by atoms with Crippen molar-refractivity contribution in [2.45, 2.75) is 6.04 Å². The van der Waals surface area contributed by atoms with Gasteiger partial charge in [0.1, 0.15) is 24.1 Å². The molecule has 0 fully saturated rings. The molecule has 1 aliphatic heterocycles. The molecule has 80 valence electrons. The van der Waals surface area contributed by atoms with Crippen LogP contribution in [-0.2, 0) is 4.79 Å². The molecule has 1 aromatic carbocycles. The van der Waals surface area contributed by atoms with Gasteiger partial charge in [-0.2, -0.15) is 0 Å². The Morgan fingerprint density at radius 1 is 1.60 bits per heavy atom. The van der Waals surface area contributed by atoms with Gasteiger partial charge in [0, 0.05) is 5.56 Å².